The lowest BCUT2D eigenvalue weighted by molar-refractivity contribution is -0.384. The highest BCUT2D eigenvalue weighted by Crippen LogP contribution is 2.35. The third kappa shape index (κ3) is 3.23. The van der Waals surface area contributed by atoms with Gasteiger partial charge in [-0.25, -0.2) is 0 Å². The van der Waals surface area contributed by atoms with Gasteiger partial charge in [0, 0.05) is 12.6 Å². The van der Waals surface area contributed by atoms with Crippen molar-refractivity contribution in [1.29, 1.82) is 5.26 Å². The van der Waals surface area contributed by atoms with E-state index in [1.165, 1.54) is 23.1 Å². The molecule has 1 N–H and O–H groups in total. The minimum atomic E-state index is -1.04. The van der Waals surface area contributed by atoms with Crippen LogP contribution < -0.4 is 4.90 Å². The topological polar surface area (TPSA) is 107 Å². The molecule has 0 aliphatic heterocycles. The number of carbonyl (C=O) groups is 1. The number of carboxylic acid groups (broad SMARTS) is 1. The fraction of sp³-hybridized carbons (Fsp3) is 0.385. The smallest absolute Gasteiger partial charge is 0.323 e. The lowest BCUT2D eigenvalue weighted by Crippen LogP contribution is -2.32. The molecular weight excluding hydrogens is 262 g/mol. The van der Waals surface area contributed by atoms with Gasteiger partial charge in [-0.3, -0.25) is 14.9 Å². The summed E-state index contributed by atoms with van der Waals surface area (Å²) in [7, 11) is 0. The van der Waals surface area contributed by atoms with Crippen molar-refractivity contribution in [1.82, 2.24) is 0 Å². The number of anilines is 1. The van der Waals surface area contributed by atoms with Crippen LogP contribution in [0.2, 0.25) is 0 Å². The molecular formula is C13H13N3O4. The predicted molar refractivity (Wildman–Crippen MR) is 70.4 cm³/mol. The molecule has 20 heavy (non-hydrogen) atoms. The van der Waals surface area contributed by atoms with Gasteiger partial charge < -0.3 is 10.0 Å². The van der Waals surface area contributed by atoms with E-state index in [1.807, 2.05) is 6.07 Å². The van der Waals surface area contributed by atoms with Gasteiger partial charge in [0.1, 0.15) is 12.2 Å². The number of nitro groups is 1. The first-order valence-corrected chi connectivity index (χ1v) is 6.16. The highest BCUT2D eigenvalue weighted by molar-refractivity contribution is 5.76. The maximum Gasteiger partial charge on any atom is 0.323 e. The molecule has 1 aromatic rings. The van der Waals surface area contributed by atoms with Crippen molar-refractivity contribution in [2.24, 2.45) is 5.92 Å². The van der Waals surface area contributed by atoms with Crippen LogP contribution in [0.5, 0.6) is 0 Å². The predicted octanol–water partition coefficient (Wildman–Crippen LogP) is 1.77. The SMILES string of the molecule is N#Cc1ccc(N(CC(=O)O)CC2CC2)c([N+](=O)[O-])c1. The molecule has 0 radical (unpaired) electrons. The Kier molecular flexibility index (Phi) is 3.84. The van der Waals surface area contributed by atoms with Crippen LogP contribution in [0.25, 0.3) is 0 Å². The third-order valence-corrected chi connectivity index (χ3v) is 3.14. The maximum atomic E-state index is 11.1. The van der Waals surface area contributed by atoms with Crippen LogP contribution in [0.15, 0.2) is 18.2 Å². The molecule has 0 spiro atoms. The van der Waals surface area contributed by atoms with Gasteiger partial charge in [-0.15, -0.1) is 0 Å². The van der Waals surface area contributed by atoms with Crippen LogP contribution in [-0.4, -0.2) is 29.1 Å². The van der Waals surface area contributed by atoms with Crippen LogP contribution >= 0.6 is 0 Å². The molecule has 1 saturated carbocycles. The zero-order valence-electron chi connectivity index (χ0n) is 10.7. The number of benzene rings is 1. The summed E-state index contributed by atoms with van der Waals surface area (Å²) in [6.07, 6.45) is 2.03. The van der Waals surface area contributed by atoms with Gasteiger partial charge in [-0.05, 0) is 30.9 Å². The molecule has 1 aliphatic carbocycles. The number of hydrogen-bond acceptors (Lipinski definition) is 5. The molecule has 0 saturated heterocycles. The van der Waals surface area contributed by atoms with Crippen molar-refractivity contribution in [3.63, 3.8) is 0 Å². The Morgan fingerprint density at radius 2 is 2.25 bits per heavy atom. The molecule has 7 nitrogen and oxygen atoms in total. The summed E-state index contributed by atoms with van der Waals surface area (Å²) in [5, 5.41) is 28.8. The number of rotatable bonds is 6. The fourth-order valence-electron chi connectivity index (χ4n) is 2.03. The molecule has 0 aromatic heterocycles. The molecule has 1 fully saturated rings. The molecule has 0 amide bonds. The van der Waals surface area contributed by atoms with E-state index in [2.05, 4.69) is 0 Å². The van der Waals surface area contributed by atoms with Gasteiger partial charge in [-0.2, -0.15) is 5.26 Å². The highest BCUT2D eigenvalue weighted by Gasteiger charge is 2.29. The minimum absolute atomic E-state index is 0.183. The van der Waals surface area contributed by atoms with Crippen molar-refractivity contribution in [2.45, 2.75) is 12.8 Å². The van der Waals surface area contributed by atoms with E-state index in [9.17, 15) is 14.9 Å². The van der Waals surface area contributed by atoms with Crippen molar-refractivity contribution in [3.05, 3.63) is 33.9 Å². The Labute approximate surface area is 115 Å². The van der Waals surface area contributed by atoms with E-state index in [-0.39, 0.29) is 23.5 Å². The van der Waals surface area contributed by atoms with Crippen LogP contribution in [0.1, 0.15) is 18.4 Å². The largest absolute Gasteiger partial charge is 0.480 e. The summed E-state index contributed by atoms with van der Waals surface area (Å²) < 4.78 is 0. The van der Waals surface area contributed by atoms with Crippen molar-refractivity contribution < 1.29 is 14.8 Å². The van der Waals surface area contributed by atoms with E-state index in [0.29, 0.717) is 12.5 Å². The molecule has 2 rings (SSSR count). The second-order valence-corrected chi connectivity index (χ2v) is 4.79. The van der Waals surface area contributed by atoms with Gasteiger partial charge in [0.15, 0.2) is 0 Å². The molecule has 104 valence electrons. The lowest BCUT2D eigenvalue weighted by Gasteiger charge is -2.22. The fourth-order valence-corrected chi connectivity index (χ4v) is 2.03. The normalized spacial score (nSPS) is 13.6. The number of aliphatic carboxylic acids is 1. The summed E-state index contributed by atoms with van der Waals surface area (Å²) >= 11 is 0. The van der Waals surface area contributed by atoms with Crippen molar-refractivity contribution >= 4 is 17.3 Å². The second-order valence-electron chi connectivity index (χ2n) is 4.79. The summed E-state index contributed by atoms with van der Waals surface area (Å²) in [4.78, 5) is 22.9. The quantitative estimate of drug-likeness (QED) is 0.626. The summed E-state index contributed by atoms with van der Waals surface area (Å²) in [5.41, 5.74) is 0.205. The summed E-state index contributed by atoms with van der Waals surface area (Å²) in [6.45, 7) is 0.197. The standard InChI is InChI=1S/C13H13N3O4/c14-6-10-3-4-11(12(5-10)16(19)20)15(8-13(17)18)7-9-1-2-9/h3-5,9H,1-2,7-8H2,(H,17,18). The molecule has 0 bridgehead atoms. The van der Waals surface area contributed by atoms with E-state index < -0.39 is 10.9 Å². The first-order valence-electron chi connectivity index (χ1n) is 6.16. The average molecular weight is 275 g/mol. The zero-order valence-corrected chi connectivity index (χ0v) is 10.7. The highest BCUT2D eigenvalue weighted by atomic mass is 16.6. The summed E-state index contributed by atoms with van der Waals surface area (Å²) in [6, 6.07) is 5.93. The second kappa shape index (κ2) is 5.57. The van der Waals surface area contributed by atoms with Crippen LogP contribution in [0, 0.1) is 27.4 Å². The van der Waals surface area contributed by atoms with E-state index in [4.69, 9.17) is 10.4 Å². The number of nitriles is 1. The van der Waals surface area contributed by atoms with E-state index >= 15 is 0 Å². The molecule has 0 unspecified atom stereocenters. The first-order chi connectivity index (χ1) is 9.51. The average Bonchev–Trinajstić information content (AvgIpc) is 3.20. The monoisotopic (exact) mass is 275 g/mol. The molecule has 0 atom stereocenters. The number of carboxylic acids is 1. The Balaban J connectivity index is 2.37. The van der Waals surface area contributed by atoms with Crippen LogP contribution in [-0.2, 0) is 4.79 Å². The van der Waals surface area contributed by atoms with E-state index in [0.717, 1.165) is 12.8 Å². The number of hydrogen-bond donors (Lipinski definition) is 1. The Morgan fingerprint density at radius 1 is 1.55 bits per heavy atom. The molecule has 7 heteroatoms. The Hall–Kier alpha value is -2.62. The van der Waals surface area contributed by atoms with Crippen molar-refractivity contribution in [3.8, 4) is 6.07 Å². The van der Waals surface area contributed by atoms with Crippen molar-refractivity contribution in [2.75, 3.05) is 18.0 Å². The van der Waals surface area contributed by atoms with Crippen LogP contribution in [0.3, 0.4) is 0 Å². The van der Waals surface area contributed by atoms with Crippen LogP contribution in [0.4, 0.5) is 11.4 Å². The third-order valence-electron chi connectivity index (χ3n) is 3.14. The Bertz CT molecular complexity index is 590. The first kappa shape index (κ1) is 13.8. The zero-order chi connectivity index (χ0) is 14.7. The van der Waals surface area contributed by atoms with Gasteiger partial charge in [0.05, 0.1) is 16.6 Å². The van der Waals surface area contributed by atoms with Gasteiger partial charge in [0.25, 0.3) is 5.69 Å². The summed E-state index contributed by atoms with van der Waals surface area (Å²) in [5.74, 6) is -0.645. The lowest BCUT2D eigenvalue weighted by atomic mass is 10.1. The minimum Gasteiger partial charge on any atom is -0.480 e. The van der Waals surface area contributed by atoms with E-state index in [1.54, 1.807) is 0 Å². The number of nitrogens with zero attached hydrogens (tertiary/aromatic N) is 3. The van der Waals surface area contributed by atoms with Gasteiger partial charge in [0.2, 0.25) is 0 Å². The molecule has 0 heterocycles. The molecule has 1 aliphatic rings. The van der Waals surface area contributed by atoms with Gasteiger partial charge in [-0.1, -0.05) is 0 Å². The maximum absolute atomic E-state index is 11.1. The molecule has 1 aromatic carbocycles. The Morgan fingerprint density at radius 3 is 2.75 bits per heavy atom. The van der Waals surface area contributed by atoms with Gasteiger partial charge >= 0.3 is 5.97 Å². The number of nitro benzene ring substituents is 1.